The smallest absolute Gasteiger partial charge is 0.306 e. The number of rotatable bonds is 26. The molecule has 0 saturated heterocycles. The first-order chi connectivity index (χ1) is 18.2. The summed E-state index contributed by atoms with van der Waals surface area (Å²) in [5.74, 6) is 0.419. The van der Waals surface area contributed by atoms with Crippen LogP contribution in [0.3, 0.4) is 0 Å². The summed E-state index contributed by atoms with van der Waals surface area (Å²) in [7, 11) is 0. The van der Waals surface area contributed by atoms with Gasteiger partial charge < -0.3 is 14.2 Å². The molecule has 0 amide bonds. The summed E-state index contributed by atoms with van der Waals surface area (Å²) in [6.07, 6.45) is 17.6. The maximum absolute atomic E-state index is 12.4. The van der Waals surface area contributed by atoms with E-state index < -0.39 is 6.10 Å². The number of unbranched alkanes of at least 4 members (excludes halogenated alkanes) is 11. The van der Waals surface area contributed by atoms with Crippen molar-refractivity contribution in [2.24, 2.45) is 11.8 Å². The van der Waals surface area contributed by atoms with Gasteiger partial charge in [0.15, 0.2) is 6.10 Å². The summed E-state index contributed by atoms with van der Waals surface area (Å²) in [6, 6.07) is 0. The molecule has 0 aromatic rings. The van der Waals surface area contributed by atoms with E-state index in [0.29, 0.717) is 31.1 Å². The van der Waals surface area contributed by atoms with E-state index in [-0.39, 0.29) is 31.1 Å². The van der Waals surface area contributed by atoms with Gasteiger partial charge in [-0.25, -0.2) is 0 Å². The molecule has 0 heterocycles. The van der Waals surface area contributed by atoms with Gasteiger partial charge in [0, 0.05) is 19.3 Å². The van der Waals surface area contributed by atoms with E-state index >= 15 is 0 Å². The predicted octanol–water partition coefficient (Wildman–Crippen LogP) is 8.73. The highest BCUT2D eigenvalue weighted by Gasteiger charge is 2.19. The van der Waals surface area contributed by atoms with E-state index in [2.05, 4.69) is 34.6 Å². The molecule has 0 saturated carbocycles. The highest BCUT2D eigenvalue weighted by atomic mass is 16.6. The zero-order valence-corrected chi connectivity index (χ0v) is 25.5. The Labute approximate surface area is 234 Å². The number of ether oxygens (including phenoxy) is 3. The topological polar surface area (TPSA) is 78.9 Å². The van der Waals surface area contributed by atoms with E-state index in [1.807, 2.05) is 0 Å². The van der Waals surface area contributed by atoms with Crippen molar-refractivity contribution in [2.45, 2.75) is 163 Å². The summed E-state index contributed by atoms with van der Waals surface area (Å²) < 4.78 is 16.3. The van der Waals surface area contributed by atoms with Gasteiger partial charge in [-0.05, 0) is 31.1 Å². The van der Waals surface area contributed by atoms with Crippen LogP contribution in [-0.4, -0.2) is 37.2 Å². The van der Waals surface area contributed by atoms with Gasteiger partial charge in [-0.15, -0.1) is 0 Å². The van der Waals surface area contributed by atoms with Gasteiger partial charge in [0.25, 0.3) is 0 Å². The van der Waals surface area contributed by atoms with Crippen molar-refractivity contribution < 1.29 is 28.6 Å². The second kappa shape index (κ2) is 25.7. The third kappa shape index (κ3) is 26.0. The van der Waals surface area contributed by atoms with Crippen LogP contribution in [0.1, 0.15) is 157 Å². The molecule has 0 N–H and O–H groups in total. The molecule has 0 spiro atoms. The standard InChI is InChI=1S/C32H60O6/c1-6-7-8-9-10-11-12-17-22-30(33)36-25-29(38-32(35)24-19-14-16-21-28(4)5)26-37-31(34)23-18-13-15-20-27(2)3/h27-29H,6-26H2,1-5H3. The fourth-order valence-corrected chi connectivity index (χ4v) is 4.28. The molecule has 0 radical (unpaired) electrons. The van der Waals surface area contributed by atoms with Gasteiger partial charge in [0.2, 0.25) is 0 Å². The number of hydrogen-bond acceptors (Lipinski definition) is 6. The molecular formula is C32H60O6. The van der Waals surface area contributed by atoms with Crippen molar-refractivity contribution in [1.29, 1.82) is 0 Å². The fraction of sp³-hybridized carbons (Fsp3) is 0.906. The largest absolute Gasteiger partial charge is 0.462 e. The van der Waals surface area contributed by atoms with Crippen LogP contribution in [0.25, 0.3) is 0 Å². The Bertz CT molecular complexity index is 586. The maximum atomic E-state index is 12.4. The van der Waals surface area contributed by atoms with E-state index in [1.54, 1.807) is 0 Å². The first-order valence-electron chi connectivity index (χ1n) is 15.7. The molecule has 0 aromatic heterocycles. The molecule has 38 heavy (non-hydrogen) atoms. The lowest BCUT2D eigenvalue weighted by atomic mass is 10.0. The van der Waals surface area contributed by atoms with Crippen LogP contribution in [-0.2, 0) is 28.6 Å². The van der Waals surface area contributed by atoms with Gasteiger partial charge in [0.05, 0.1) is 0 Å². The normalized spacial score (nSPS) is 12.1. The number of hydrogen-bond donors (Lipinski definition) is 0. The van der Waals surface area contributed by atoms with Crippen LogP contribution in [0.15, 0.2) is 0 Å². The van der Waals surface area contributed by atoms with Crippen LogP contribution in [0.5, 0.6) is 0 Å². The summed E-state index contributed by atoms with van der Waals surface area (Å²) in [6.45, 7) is 10.9. The van der Waals surface area contributed by atoms with Crippen LogP contribution < -0.4 is 0 Å². The molecular weight excluding hydrogens is 480 g/mol. The quantitative estimate of drug-likeness (QED) is 0.0620. The van der Waals surface area contributed by atoms with E-state index in [0.717, 1.165) is 70.6 Å². The van der Waals surface area contributed by atoms with Crippen molar-refractivity contribution >= 4 is 17.9 Å². The van der Waals surface area contributed by atoms with E-state index in [9.17, 15) is 14.4 Å². The Morgan fingerprint density at radius 2 is 0.868 bits per heavy atom. The molecule has 1 unspecified atom stereocenters. The van der Waals surface area contributed by atoms with Crippen molar-refractivity contribution in [3.05, 3.63) is 0 Å². The van der Waals surface area contributed by atoms with Crippen molar-refractivity contribution in [1.82, 2.24) is 0 Å². The molecule has 0 aliphatic heterocycles. The maximum Gasteiger partial charge on any atom is 0.306 e. The van der Waals surface area contributed by atoms with E-state index in [4.69, 9.17) is 14.2 Å². The Morgan fingerprint density at radius 3 is 1.29 bits per heavy atom. The van der Waals surface area contributed by atoms with Gasteiger partial charge >= 0.3 is 17.9 Å². The van der Waals surface area contributed by atoms with Crippen LogP contribution in [0.4, 0.5) is 0 Å². The van der Waals surface area contributed by atoms with Gasteiger partial charge in [-0.1, -0.05) is 118 Å². The van der Waals surface area contributed by atoms with Gasteiger partial charge in [-0.2, -0.15) is 0 Å². The highest BCUT2D eigenvalue weighted by Crippen LogP contribution is 2.13. The first-order valence-corrected chi connectivity index (χ1v) is 15.7. The minimum absolute atomic E-state index is 0.0728. The lowest BCUT2D eigenvalue weighted by Crippen LogP contribution is -2.30. The first kappa shape index (κ1) is 36.4. The molecule has 0 aliphatic rings. The predicted molar refractivity (Wildman–Crippen MR) is 155 cm³/mol. The molecule has 1 atom stereocenters. The Kier molecular flexibility index (Phi) is 24.6. The number of esters is 3. The number of carbonyl (C=O) groups is 3. The van der Waals surface area contributed by atoms with E-state index in [1.165, 1.54) is 32.1 Å². The third-order valence-electron chi connectivity index (χ3n) is 6.72. The monoisotopic (exact) mass is 540 g/mol. The second-order valence-electron chi connectivity index (χ2n) is 11.7. The van der Waals surface area contributed by atoms with Crippen LogP contribution >= 0.6 is 0 Å². The summed E-state index contributed by atoms with van der Waals surface area (Å²) >= 11 is 0. The minimum atomic E-state index is -0.759. The van der Waals surface area contributed by atoms with Gasteiger partial charge in [-0.3, -0.25) is 14.4 Å². The Balaban J connectivity index is 4.38. The van der Waals surface area contributed by atoms with Crippen LogP contribution in [0.2, 0.25) is 0 Å². The fourth-order valence-electron chi connectivity index (χ4n) is 4.28. The van der Waals surface area contributed by atoms with Crippen molar-refractivity contribution in [3.8, 4) is 0 Å². The highest BCUT2D eigenvalue weighted by molar-refractivity contribution is 5.71. The Hall–Kier alpha value is -1.59. The average molecular weight is 541 g/mol. The van der Waals surface area contributed by atoms with Crippen molar-refractivity contribution in [2.75, 3.05) is 13.2 Å². The molecule has 0 fully saturated rings. The Morgan fingerprint density at radius 1 is 0.500 bits per heavy atom. The molecule has 224 valence electrons. The SMILES string of the molecule is CCCCCCCCCCC(=O)OCC(COC(=O)CCCCCC(C)C)OC(=O)CCCCCC(C)C. The third-order valence-corrected chi connectivity index (χ3v) is 6.72. The molecule has 0 rings (SSSR count). The lowest BCUT2D eigenvalue weighted by molar-refractivity contribution is -0.167. The average Bonchev–Trinajstić information content (AvgIpc) is 2.86. The van der Waals surface area contributed by atoms with Crippen molar-refractivity contribution in [3.63, 3.8) is 0 Å². The van der Waals surface area contributed by atoms with Gasteiger partial charge in [0.1, 0.15) is 13.2 Å². The molecule has 0 aliphatic carbocycles. The molecule has 0 bridgehead atoms. The zero-order valence-electron chi connectivity index (χ0n) is 25.5. The summed E-state index contributed by atoms with van der Waals surface area (Å²) in [5.41, 5.74) is 0. The van der Waals surface area contributed by atoms with Crippen LogP contribution in [0, 0.1) is 11.8 Å². The summed E-state index contributed by atoms with van der Waals surface area (Å²) in [5, 5.41) is 0. The zero-order chi connectivity index (χ0) is 28.4. The lowest BCUT2D eigenvalue weighted by Gasteiger charge is -2.18. The number of carbonyl (C=O) groups excluding carboxylic acids is 3. The molecule has 6 heteroatoms. The second-order valence-corrected chi connectivity index (χ2v) is 11.7. The minimum Gasteiger partial charge on any atom is -0.462 e. The summed E-state index contributed by atoms with van der Waals surface area (Å²) in [4.78, 5) is 36.8. The molecule has 6 nitrogen and oxygen atoms in total. The molecule has 0 aromatic carbocycles.